The van der Waals surface area contributed by atoms with Crippen LogP contribution < -0.4 is 0 Å². The molecule has 1 atom stereocenters. The molecular weight excluding hydrogens is 422 g/mol. The minimum atomic E-state index is -5.16. The van der Waals surface area contributed by atoms with Gasteiger partial charge in [-0.05, 0) is 26.0 Å². The molecule has 1 rings (SSSR count). The summed E-state index contributed by atoms with van der Waals surface area (Å²) in [6.07, 6.45) is -5.16. The molecule has 0 bridgehead atoms. The van der Waals surface area contributed by atoms with Crippen LogP contribution in [0.3, 0.4) is 0 Å². The molecular formula is C17H22F4NO6S+. The molecule has 1 unspecified atom stereocenters. The Balaban J connectivity index is 4.14. The summed E-state index contributed by atoms with van der Waals surface area (Å²) in [5.74, 6) is -3.00. The Hall–Kier alpha value is -2.21. The molecule has 1 aromatic carbocycles. The first-order valence-corrected chi connectivity index (χ1v) is 9.63. The monoisotopic (exact) mass is 444 g/mol. The second-order valence-electron chi connectivity index (χ2n) is 6.97. The van der Waals surface area contributed by atoms with E-state index in [9.17, 15) is 31.2 Å². The lowest BCUT2D eigenvalue weighted by molar-refractivity contribution is -0.739. The first kappa shape index (κ1) is 24.8. The summed E-state index contributed by atoms with van der Waals surface area (Å²) in [5.41, 5.74) is -6.90. The number of benzene rings is 1. The van der Waals surface area contributed by atoms with Gasteiger partial charge in [-0.25, -0.2) is 17.9 Å². The predicted molar refractivity (Wildman–Crippen MR) is 93.1 cm³/mol. The number of hydrogen-bond donors (Lipinski definition) is 0. The third-order valence-corrected chi connectivity index (χ3v) is 6.33. The van der Waals surface area contributed by atoms with Crippen LogP contribution in [0.2, 0.25) is 0 Å². The summed E-state index contributed by atoms with van der Waals surface area (Å²) < 4.78 is 89.7. The maximum absolute atomic E-state index is 15.4. The lowest BCUT2D eigenvalue weighted by Gasteiger charge is -2.28. The first-order valence-electron chi connectivity index (χ1n) is 8.19. The maximum atomic E-state index is 15.4. The van der Waals surface area contributed by atoms with Crippen LogP contribution >= 0.6 is 0 Å². The van der Waals surface area contributed by atoms with Gasteiger partial charge in [-0.2, -0.15) is 21.6 Å². The zero-order valence-corrected chi connectivity index (χ0v) is 17.5. The van der Waals surface area contributed by atoms with Gasteiger partial charge in [0.2, 0.25) is 5.67 Å². The molecule has 12 heteroatoms. The zero-order chi connectivity index (χ0) is 23.0. The SMILES string of the molecule is CCOC(=O)C(C)(F)c1cc(C(=O)OC)c(C(F)(F)F)cc1S(=O)(=O)[N+](C)(C)C. The van der Waals surface area contributed by atoms with Crippen molar-refractivity contribution in [3.05, 3.63) is 28.8 Å². The molecule has 0 amide bonds. The highest BCUT2D eigenvalue weighted by Crippen LogP contribution is 2.41. The molecule has 0 radical (unpaired) electrons. The lowest BCUT2D eigenvalue weighted by Crippen LogP contribution is -2.43. The molecule has 0 saturated heterocycles. The van der Waals surface area contributed by atoms with Crippen molar-refractivity contribution in [2.75, 3.05) is 34.9 Å². The second kappa shape index (κ2) is 7.90. The van der Waals surface area contributed by atoms with Crippen molar-refractivity contribution >= 4 is 22.0 Å². The minimum Gasteiger partial charge on any atom is -0.465 e. The number of quaternary nitrogens is 1. The lowest BCUT2D eigenvalue weighted by atomic mass is 9.93. The van der Waals surface area contributed by atoms with Gasteiger partial charge >= 0.3 is 28.1 Å². The first-order chi connectivity index (χ1) is 12.9. The Kier molecular flexibility index (Phi) is 6.76. The summed E-state index contributed by atoms with van der Waals surface area (Å²) >= 11 is 0. The van der Waals surface area contributed by atoms with Crippen LogP contribution in [0, 0.1) is 0 Å². The summed E-state index contributed by atoms with van der Waals surface area (Å²) in [6.45, 7) is 1.74. The van der Waals surface area contributed by atoms with Gasteiger partial charge in [0.05, 0.1) is 46.0 Å². The third kappa shape index (κ3) is 4.69. The number of ether oxygens (including phenoxy) is 2. The van der Waals surface area contributed by atoms with Crippen LogP contribution in [0.25, 0.3) is 0 Å². The number of hydrogen-bond acceptors (Lipinski definition) is 6. The van der Waals surface area contributed by atoms with Gasteiger partial charge in [0.1, 0.15) is 4.90 Å². The molecule has 0 N–H and O–H groups in total. The highest BCUT2D eigenvalue weighted by molar-refractivity contribution is 7.86. The van der Waals surface area contributed by atoms with E-state index in [1.807, 2.05) is 0 Å². The topological polar surface area (TPSA) is 86.7 Å². The summed E-state index contributed by atoms with van der Waals surface area (Å²) in [6, 6.07) is 0.506. The van der Waals surface area contributed by atoms with Crippen LogP contribution in [0.5, 0.6) is 0 Å². The van der Waals surface area contributed by atoms with Crippen molar-refractivity contribution in [1.82, 2.24) is 0 Å². The van der Waals surface area contributed by atoms with E-state index in [2.05, 4.69) is 9.47 Å². The Morgan fingerprint density at radius 3 is 1.97 bits per heavy atom. The van der Waals surface area contributed by atoms with Gasteiger partial charge in [0, 0.05) is 5.56 Å². The molecule has 0 aliphatic carbocycles. The molecule has 0 heterocycles. The second-order valence-corrected chi connectivity index (χ2v) is 9.46. The van der Waals surface area contributed by atoms with Crippen LogP contribution in [0.4, 0.5) is 17.6 Å². The minimum absolute atomic E-state index is 0.136. The molecule has 0 aliphatic heterocycles. The van der Waals surface area contributed by atoms with Gasteiger partial charge < -0.3 is 9.47 Å². The van der Waals surface area contributed by atoms with E-state index in [-0.39, 0.29) is 12.7 Å². The van der Waals surface area contributed by atoms with Crippen LogP contribution in [0.1, 0.15) is 35.3 Å². The van der Waals surface area contributed by atoms with Gasteiger partial charge in [0.15, 0.2) is 0 Å². The maximum Gasteiger partial charge on any atom is 0.417 e. The molecule has 0 fully saturated rings. The van der Waals surface area contributed by atoms with E-state index in [0.29, 0.717) is 13.0 Å². The Labute approximate surface area is 165 Å². The molecule has 0 spiro atoms. The van der Waals surface area contributed by atoms with Crippen LogP contribution in [-0.2, 0) is 36.1 Å². The van der Waals surface area contributed by atoms with E-state index in [4.69, 9.17) is 0 Å². The number of carbonyl (C=O) groups excluding carboxylic acids is 2. The number of carbonyl (C=O) groups is 2. The number of esters is 2. The molecule has 0 saturated carbocycles. The molecule has 7 nitrogen and oxygen atoms in total. The number of alkyl halides is 4. The van der Waals surface area contributed by atoms with Crippen molar-refractivity contribution in [3.8, 4) is 0 Å². The summed E-state index contributed by atoms with van der Waals surface area (Å²) in [4.78, 5) is 22.9. The van der Waals surface area contributed by atoms with Crippen molar-refractivity contribution in [2.24, 2.45) is 0 Å². The van der Waals surface area contributed by atoms with Gasteiger partial charge in [0.25, 0.3) is 0 Å². The number of methoxy groups -OCH3 is 1. The predicted octanol–water partition coefficient (Wildman–Crippen LogP) is 2.63. The molecule has 29 heavy (non-hydrogen) atoms. The fourth-order valence-corrected chi connectivity index (χ4v) is 3.73. The van der Waals surface area contributed by atoms with E-state index >= 15 is 4.39 Å². The van der Waals surface area contributed by atoms with Gasteiger partial charge in [-0.3, -0.25) is 0 Å². The summed E-state index contributed by atoms with van der Waals surface area (Å²) in [5, 5.41) is 0. The Morgan fingerprint density at radius 2 is 1.59 bits per heavy atom. The largest absolute Gasteiger partial charge is 0.465 e. The van der Waals surface area contributed by atoms with Crippen LogP contribution in [-0.4, -0.2) is 59.1 Å². The average Bonchev–Trinajstić information content (AvgIpc) is 2.58. The molecule has 0 aromatic heterocycles. The third-order valence-electron chi connectivity index (χ3n) is 3.99. The molecule has 164 valence electrons. The molecule has 0 aliphatic rings. The van der Waals surface area contributed by atoms with E-state index in [1.54, 1.807) is 0 Å². The number of rotatable bonds is 6. The summed E-state index contributed by atoms with van der Waals surface area (Å²) in [7, 11) is -0.410. The fourth-order valence-electron chi connectivity index (χ4n) is 2.35. The zero-order valence-electron chi connectivity index (χ0n) is 16.7. The number of nitrogens with zero attached hydrogens (tertiary/aromatic N) is 1. The average molecular weight is 444 g/mol. The fraction of sp³-hybridized carbons (Fsp3) is 0.529. The van der Waals surface area contributed by atoms with Crippen molar-refractivity contribution in [2.45, 2.75) is 30.6 Å². The van der Waals surface area contributed by atoms with Crippen molar-refractivity contribution in [3.63, 3.8) is 0 Å². The van der Waals surface area contributed by atoms with Crippen molar-refractivity contribution in [1.29, 1.82) is 0 Å². The Morgan fingerprint density at radius 1 is 1.07 bits per heavy atom. The van der Waals surface area contributed by atoms with Crippen LogP contribution in [0.15, 0.2) is 17.0 Å². The van der Waals surface area contributed by atoms with E-state index in [1.165, 1.54) is 6.92 Å². The highest BCUT2D eigenvalue weighted by Gasteiger charge is 2.48. The quantitative estimate of drug-likeness (QED) is 0.381. The standard InChI is InChI=1S/C17H22F4NO6S/c1-7-28-15(24)16(2,18)12-8-10(14(23)27-6)11(17(19,20)21)9-13(12)29(25,26)22(3,4)5/h8-9H,7H2,1-6H3/q+1. The normalized spacial score (nSPS) is 14.8. The van der Waals surface area contributed by atoms with E-state index < -0.39 is 59.3 Å². The van der Waals surface area contributed by atoms with E-state index in [0.717, 1.165) is 28.3 Å². The van der Waals surface area contributed by atoms with Gasteiger partial charge in [-0.15, -0.1) is 0 Å². The Bertz CT molecular complexity index is 917. The van der Waals surface area contributed by atoms with Gasteiger partial charge in [-0.1, -0.05) is 0 Å². The smallest absolute Gasteiger partial charge is 0.417 e. The molecule has 1 aromatic rings. The van der Waals surface area contributed by atoms with Crippen molar-refractivity contribution < 1.29 is 48.9 Å². The number of sulfonamides is 1. The number of halogens is 4. The highest BCUT2D eigenvalue weighted by atomic mass is 32.2.